The molecule has 0 aliphatic heterocycles. The first-order chi connectivity index (χ1) is 12.6. The maximum absolute atomic E-state index is 11.9. The SMILES string of the molecule is Cc1cc(C)c(I)c(C)c1.O=C(O)C1CC(F)(F)C1.O=C(O)C1CC(F)(F)C1. The van der Waals surface area contributed by atoms with Crippen LogP contribution in [0.15, 0.2) is 12.1 Å². The zero-order valence-electron chi connectivity index (χ0n) is 15.7. The molecule has 2 fully saturated rings. The number of hydrogen-bond acceptors (Lipinski definition) is 2. The van der Waals surface area contributed by atoms with Crippen LogP contribution in [-0.2, 0) is 9.59 Å². The lowest BCUT2D eigenvalue weighted by Crippen LogP contribution is -2.39. The molecule has 0 bridgehead atoms. The molecule has 0 spiro atoms. The highest BCUT2D eigenvalue weighted by atomic mass is 127. The van der Waals surface area contributed by atoms with Crippen LogP contribution in [-0.4, -0.2) is 34.0 Å². The fourth-order valence-electron chi connectivity index (χ4n) is 2.83. The minimum Gasteiger partial charge on any atom is -0.481 e. The highest BCUT2D eigenvalue weighted by Crippen LogP contribution is 2.42. The van der Waals surface area contributed by atoms with Crippen LogP contribution >= 0.6 is 22.6 Å². The molecule has 2 aliphatic carbocycles. The van der Waals surface area contributed by atoms with Gasteiger partial charge in [-0.2, -0.15) is 0 Å². The predicted octanol–water partition coefficient (Wildman–Crippen LogP) is 5.45. The quantitative estimate of drug-likeness (QED) is 0.404. The summed E-state index contributed by atoms with van der Waals surface area (Å²) in [6.07, 6.45) is -1.94. The van der Waals surface area contributed by atoms with Crippen LogP contribution in [0.5, 0.6) is 0 Å². The van der Waals surface area contributed by atoms with Gasteiger partial charge in [-0.3, -0.25) is 9.59 Å². The number of halogens is 5. The summed E-state index contributed by atoms with van der Waals surface area (Å²) in [5, 5.41) is 16.3. The van der Waals surface area contributed by atoms with Gasteiger partial charge in [-0.15, -0.1) is 0 Å². The first kappa shape index (κ1) is 24.6. The Morgan fingerprint density at radius 1 is 0.857 bits per heavy atom. The third-order valence-electron chi connectivity index (χ3n) is 4.46. The summed E-state index contributed by atoms with van der Waals surface area (Å²) in [5.74, 6) is -9.24. The lowest BCUT2D eigenvalue weighted by Gasteiger charge is -2.31. The average molecular weight is 518 g/mol. The molecule has 9 heteroatoms. The minimum atomic E-state index is -2.71. The minimum absolute atomic E-state index is 0.484. The van der Waals surface area contributed by atoms with Crippen molar-refractivity contribution in [1.29, 1.82) is 0 Å². The highest BCUT2D eigenvalue weighted by molar-refractivity contribution is 14.1. The van der Waals surface area contributed by atoms with E-state index in [1.807, 2.05) is 0 Å². The van der Waals surface area contributed by atoms with E-state index in [4.69, 9.17) is 10.2 Å². The molecule has 2 N–H and O–H groups in total. The van der Waals surface area contributed by atoms with E-state index in [1.165, 1.54) is 20.3 Å². The number of aryl methyl sites for hydroxylation is 3. The number of rotatable bonds is 2. The van der Waals surface area contributed by atoms with Crippen molar-refractivity contribution in [2.75, 3.05) is 0 Å². The molecule has 0 atom stereocenters. The zero-order chi connectivity index (χ0) is 21.9. The van der Waals surface area contributed by atoms with Gasteiger partial charge in [0.25, 0.3) is 0 Å². The van der Waals surface area contributed by atoms with Crippen LogP contribution < -0.4 is 0 Å². The van der Waals surface area contributed by atoms with Gasteiger partial charge in [0.2, 0.25) is 11.8 Å². The molecule has 0 aromatic heterocycles. The maximum atomic E-state index is 11.9. The number of carboxylic acids is 2. The van der Waals surface area contributed by atoms with Crippen molar-refractivity contribution < 1.29 is 37.4 Å². The van der Waals surface area contributed by atoms with E-state index in [0.717, 1.165) is 0 Å². The number of aliphatic carboxylic acids is 2. The molecule has 0 radical (unpaired) electrons. The predicted molar refractivity (Wildman–Crippen MR) is 104 cm³/mol. The molecule has 0 saturated heterocycles. The Morgan fingerprint density at radius 2 is 1.14 bits per heavy atom. The van der Waals surface area contributed by atoms with Crippen LogP contribution in [0.3, 0.4) is 0 Å². The summed E-state index contributed by atoms with van der Waals surface area (Å²) in [7, 11) is 0. The van der Waals surface area contributed by atoms with Crippen molar-refractivity contribution in [3.63, 3.8) is 0 Å². The number of carbonyl (C=O) groups is 2. The topological polar surface area (TPSA) is 74.6 Å². The van der Waals surface area contributed by atoms with Crippen LogP contribution in [0.4, 0.5) is 17.6 Å². The Bertz CT molecular complexity index is 664. The van der Waals surface area contributed by atoms with E-state index in [-0.39, 0.29) is 0 Å². The summed E-state index contributed by atoms with van der Waals surface area (Å²) in [5.41, 5.74) is 4.13. The molecule has 2 aliphatic rings. The van der Waals surface area contributed by atoms with E-state index in [1.54, 1.807) is 0 Å². The Kier molecular flexibility index (Phi) is 8.28. The molecule has 1 aromatic rings. The first-order valence-corrected chi connectivity index (χ1v) is 9.66. The first-order valence-electron chi connectivity index (χ1n) is 8.58. The van der Waals surface area contributed by atoms with Crippen molar-refractivity contribution in [1.82, 2.24) is 0 Å². The van der Waals surface area contributed by atoms with Crippen molar-refractivity contribution in [3.8, 4) is 0 Å². The zero-order valence-corrected chi connectivity index (χ0v) is 17.9. The highest BCUT2D eigenvalue weighted by Gasteiger charge is 2.49. The summed E-state index contributed by atoms with van der Waals surface area (Å²) < 4.78 is 48.9. The normalized spacial score (nSPS) is 19.7. The Balaban J connectivity index is 0.000000210. The lowest BCUT2D eigenvalue weighted by molar-refractivity contribution is -0.166. The molecule has 1 aromatic carbocycles. The Labute approximate surface area is 174 Å². The van der Waals surface area contributed by atoms with Crippen LogP contribution in [0.25, 0.3) is 0 Å². The maximum Gasteiger partial charge on any atom is 0.306 e. The van der Waals surface area contributed by atoms with Gasteiger partial charge in [-0.25, -0.2) is 17.6 Å². The van der Waals surface area contributed by atoms with Crippen LogP contribution in [0.1, 0.15) is 42.4 Å². The molecule has 0 unspecified atom stereocenters. The summed E-state index contributed by atoms with van der Waals surface area (Å²) in [6.45, 7) is 6.44. The van der Waals surface area contributed by atoms with E-state index in [2.05, 4.69) is 55.5 Å². The van der Waals surface area contributed by atoms with Crippen molar-refractivity contribution in [2.24, 2.45) is 11.8 Å². The van der Waals surface area contributed by atoms with Gasteiger partial charge in [-0.1, -0.05) is 17.7 Å². The number of carboxylic acid groups (broad SMARTS) is 2. The van der Waals surface area contributed by atoms with Gasteiger partial charge in [0.15, 0.2) is 0 Å². The monoisotopic (exact) mass is 518 g/mol. The van der Waals surface area contributed by atoms with E-state index < -0.39 is 61.3 Å². The summed E-state index contributed by atoms with van der Waals surface area (Å²) in [4.78, 5) is 19.9. The summed E-state index contributed by atoms with van der Waals surface area (Å²) in [6, 6.07) is 4.43. The number of alkyl halides is 4. The van der Waals surface area contributed by atoms with Crippen LogP contribution in [0, 0.1) is 36.2 Å². The molecule has 0 amide bonds. The molecular formula is C19H23F4IO4. The Morgan fingerprint density at radius 3 is 1.32 bits per heavy atom. The van der Waals surface area contributed by atoms with E-state index >= 15 is 0 Å². The second kappa shape index (κ2) is 9.41. The second-order valence-corrected chi connectivity index (χ2v) is 8.39. The molecule has 4 nitrogen and oxygen atoms in total. The van der Waals surface area contributed by atoms with Gasteiger partial charge >= 0.3 is 11.9 Å². The third-order valence-corrected chi connectivity index (χ3v) is 6.16. The molecule has 158 valence electrons. The van der Waals surface area contributed by atoms with Crippen molar-refractivity contribution >= 4 is 34.5 Å². The second-order valence-electron chi connectivity index (χ2n) is 7.31. The van der Waals surface area contributed by atoms with Crippen molar-refractivity contribution in [2.45, 2.75) is 58.3 Å². The third kappa shape index (κ3) is 7.56. The van der Waals surface area contributed by atoms with E-state index in [9.17, 15) is 27.2 Å². The molecule has 28 heavy (non-hydrogen) atoms. The van der Waals surface area contributed by atoms with E-state index in [0.29, 0.717) is 0 Å². The lowest BCUT2D eigenvalue weighted by atomic mass is 9.82. The fourth-order valence-corrected chi connectivity index (χ4v) is 3.15. The van der Waals surface area contributed by atoms with Crippen LogP contribution in [0.2, 0.25) is 0 Å². The molecular weight excluding hydrogens is 495 g/mol. The summed E-state index contributed by atoms with van der Waals surface area (Å²) >= 11 is 2.39. The number of hydrogen-bond donors (Lipinski definition) is 2. The molecule has 2 saturated carbocycles. The fraction of sp³-hybridized carbons (Fsp3) is 0.579. The van der Waals surface area contributed by atoms with Gasteiger partial charge in [0, 0.05) is 29.3 Å². The van der Waals surface area contributed by atoms with Gasteiger partial charge < -0.3 is 10.2 Å². The standard InChI is InChI=1S/C9H11I.2C5H6F2O2/c1-6-4-7(2)9(10)8(3)5-6;2*6-5(7)1-3(2-5)4(8)9/h4-5H,1-3H3;2*3H,1-2H2,(H,8,9). The smallest absolute Gasteiger partial charge is 0.306 e. The average Bonchev–Trinajstić information content (AvgIpc) is 2.48. The van der Waals surface area contributed by atoms with Gasteiger partial charge in [0.1, 0.15) is 0 Å². The molecule has 3 rings (SSSR count). The number of benzene rings is 1. The Hall–Kier alpha value is -1.39. The molecule has 0 heterocycles. The largest absolute Gasteiger partial charge is 0.481 e. The van der Waals surface area contributed by atoms with Crippen molar-refractivity contribution in [3.05, 3.63) is 32.4 Å². The van der Waals surface area contributed by atoms with Gasteiger partial charge in [-0.05, 0) is 54.5 Å². The van der Waals surface area contributed by atoms with Gasteiger partial charge in [0.05, 0.1) is 11.8 Å².